The van der Waals surface area contributed by atoms with Crippen LogP contribution < -0.4 is 0 Å². The van der Waals surface area contributed by atoms with E-state index in [1.807, 2.05) is 24.3 Å². The van der Waals surface area contributed by atoms with Crippen LogP contribution in [0, 0.1) is 6.92 Å². The molecule has 0 aliphatic rings. The Hall–Kier alpha value is -1.62. The molecule has 2 N–H and O–H groups in total. The highest BCUT2D eigenvalue weighted by molar-refractivity contribution is 9.10. The molecule has 17 heavy (non-hydrogen) atoms. The summed E-state index contributed by atoms with van der Waals surface area (Å²) in [6, 6.07) is 7.84. The number of carboxylic acids is 1. The van der Waals surface area contributed by atoms with Gasteiger partial charge in [-0.3, -0.25) is 0 Å². The lowest BCUT2D eigenvalue weighted by atomic mass is 10.1. The molecule has 0 saturated heterocycles. The van der Waals surface area contributed by atoms with Crippen molar-refractivity contribution in [2.45, 2.75) is 13.3 Å². The summed E-state index contributed by atoms with van der Waals surface area (Å²) in [5, 5.41) is 8.89. The van der Waals surface area contributed by atoms with Gasteiger partial charge in [0.15, 0.2) is 5.69 Å². The number of nitrogens with zero attached hydrogens (tertiary/aromatic N) is 1. The van der Waals surface area contributed by atoms with E-state index >= 15 is 0 Å². The second-order valence-corrected chi connectivity index (χ2v) is 4.68. The molecule has 1 aromatic carbocycles. The van der Waals surface area contributed by atoms with Crippen LogP contribution in [0.5, 0.6) is 0 Å². The average molecular weight is 295 g/mol. The van der Waals surface area contributed by atoms with Crippen LogP contribution in [0.25, 0.3) is 0 Å². The predicted molar refractivity (Wildman–Crippen MR) is 67.2 cm³/mol. The molecular weight excluding hydrogens is 284 g/mol. The molecule has 0 fully saturated rings. The molecule has 0 aliphatic heterocycles. The Morgan fingerprint density at radius 2 is 2.06 bits per heavy atom. The third-order valence-electron chi connectivity index (χ3n) is 2.42. The first kappa shape index (κ1) is 11.9. The molecule has 0 aliphatic carbocycles. The van der Waals surface area contributed by atoms with Crippen LogP contribution in [0.1, 0.15) is 27.6 Å². The van der Waals surface area contributed by atoms with Gasteiger partial charge < -0.3 is 10.1 Å². The third kappa shape index (κ3) is 2.74. The number of nitrogens with one attached hydrogen (secondary N) is 1. The number of aromatic nitrogens is 2. The maximum absolute atomic E-state index is 10.8. The maximum atomic E-state index is 10.8. The number of carboxylic acid groups (broad SMARTS) is 1. The van der Waals surface area contributed by atoms with Crippen molar-refractivity contribution in [2.24, 2.45) is 0 Å². The number of carbonyl (C=O) groups is 1. The van der Waals surface area contributed by atoms with E-state index in [1.165, 1.54) is 0 Å². The van der Waals surface area contributed by atoms with Crippen molar-refractivity contribution < 1.29 is 9.90 Å². The molecule has 0 saturated carbocycles. The minimum Gasteiger partial charge on any atom is -0.476 e. The molecule has 88 valence electrons. The Morgan fingerprint density at radius 1 is 1.41 bits per heavy atom. The normalized spacial score (nSPS) is 10.5. The van der Waals surface area contributed by atoms with Crippen LogP contribution >= 0.6 is 15.9 Å². The van der Waals surface area contributed by atoms with E-state index in [2.05, 4.69) is 25.9 Å². The van der Waals surface area contributed by atoms with E-state index in [0.29, 0.717) is 17.9 Å². The fraction of sp³-hybridized carbons (Fsp3) is 0.167. The summed E-state index contributed by atoms with van der Waals surface area (Å²) in [6.07, 6.45) is 0.599. The number of hydrogen-bond donors (Lipinski definition) is 2. The van der Waals surface area contributed by atoms with E-state index < -0.39 is 5.97 Å². The smallest absolute Gasteiger partial charge is 0.356 e. The molecule has 4 nitrogen and oxygen atoms in total. The molecule has 1 heterocycles. The van der Waals surface area contributed by atoms with Crippen molar-refractivity contribution in [1.82, 2.24) is 9.97 Å². The first-order valence-corrected chi connectivity index (χ1v) is 5.89. The van der Waals surface area contributed by atoms with Gasteiger partial charge in [-0.15, -0.1) is 0 Å². The van der Waals surface area contributed by atoms with E-state index in [0.717, 1.165) is 10.0 Å². The van der Waals surface area contributed by atoms with Crippen molar-refractivity contribution in [1.29, 1.82) is 0 Å². The quantitative estimate of drug-likeness (QED) is 0.915. The van der Waals surface area contributed by atoms with Gasteiger partial charge in [0, 0.05) is 16.6 Å². The molecule has 2 rings (SSSR count). The van der Waals surface area contributed by atoms with Crippen LogP contribution in [-0.2, 0) is 6.42 Å². The Morgan fingerprint density at radius 3 is 2.59 bits per heavy atom. The Kier molecular flexibility index (Phi) is 3.28. The second-order valence-electron chi connectivity index (χ2n) is 3.77. The SMILES string of the molecule is Cc1[nH]c(Cc2ccc(Br)cc2)nc1C(=O)O. The second kappa shape index (κ2) is 4.71. The minimum absolute atomic E-state index is 0.0945. The highest BCUT2D eigenvalue weighted by Crippen LogP contribution is 2.14. The standard InChI is InChI=1S/C12H11BrN2O2/c1-7-11(12(16)17)15-10(14-7)6-8-2-4-9(13)5-3-8/h2-5H,6H2,1H3,(H,14,15)(H,16,17). The zero-order chi connectivity index (χ0) is 12.4. The van der Waals surface area contributed by atoms with Gasteiger partial charge in [0.1, 0.15) is 5.82 Å². The molecule has 0 spiro atoms. The number of imidazole rings is 1. The maximum Gasteiger partial charge on any atom is 0.356 e. The summed E-state index contributed by atoms with van der Waals surface area (Å²) in [6.45, 7) is 1.71. The van der Waals surface area contributed by atoms with Crippen LogP contribution in [0.2, 0.25) is 0 Å². The van der Waals surface area contributed by atoms with Gasteiger partial charge in [-0.25, -0.2) is 9.78 Å². The lowest BCUT2D eigenvalue weighted by molar-refractivity contribution is 0.0690. The topological polar surface area (TPSA) is 66.0 Å². The van der Waals surface area contributed by atoms with E-state index in [4.69, 9.17) is 5.11 Å². The van der Waals surface area contributed by atoms with Crippen molar-refractivity contribution in [3.63, 3.8) is 0 Å². The summed E-state index contributed by atoms with van der Waals surface area (Å²) in [7, 11) is 0. The monoisotopic (exact) mass is 294 g/mol. The highest BCUT2D eigenvalue weighted by Gasteiger charge is 2.13. The van der Waals surface area contributed by atoms with Gasteiger partial charge in [-0.1, -0.05) is 28.1 Å². The first-order chi connectivity index (χ1) is 8.06. The van der Waals surface area contributed by atoms with Crippen molar-refractivity contribution in [3.8, 4) is 0 Å². The number of benzene rings is 1. The lowest BCUT2D eigenvalue weighted by Gasteiger charge is -1.98. The van der Waals surface area contributed by atoms with Crippen LogP contribution in [0.3, 0.4) is 0 Å². The molecule has 2 aromatic rings. The average Bonchev–Trinajstić information content (AvgIpc) is 2.63. The van der Waals surface area contributed by atoms with Gasteiger partial charge in [0.2, 0.25) is 0 Å². The van der Waals surface area contributed by atoms with Gasteiger partial charge in [-0.2, -0.15) is 0 Å². The van der Waals surface area contributed by atoms with Crippen molar-refractivity contribution in [3.05, 3.63) is 51.5 Å². The van der Waals surface area contributed by atoms with Crippen LogP contribution in [0.4, 0.5) is 0 Å². The van der Waals surface area contributed by atoms with Crippen molar-refractivity contribution >= 4 is 21.9 Å². The molecule has 0 amide bonds. The zero-order valence-corrected chi connectivity index (χ0v) is 10.8. The Labute approximate surface area is 107 Å². The van der Waals surface area contributed by atoms with E-state index in [9.17, 15) is 4.79 Å². The molecule has 0 unspecified atom stereocenters. The number of H-pyrrole nitrogens is 1. The molecule has 0 bridgehead atoms. The number of aromatic carboxylic acids is 1. The summed E-state index contributed by atoms with van der Waals surface area (Å²) in [5.74, 6) is -0.331. The molecule has 1 aromatic heterocycles. The summed E-state index contributed by atoms with van der Waals surface area (Å²) in [5.41, 5.74) is 1.76. The van der Waals surface area contributed by atoms with Gasteiger partial charge >= 0.3 is 5.97 Å². The molecule has 0 radical (unpaired) electrons. The minimum atomic E-state index is -0.999. The van der Waals surface area contributed by atoms with Crippen LogP contribution in [-0.4, -0.2) is 21.0 Å². The fourth-order valence-corrected chi connectivity index (χ4v) is 1.87. The summed E-state index contributed by atoms with van der Waals surface area (Å²) < 4.78 is 1.02. The molecule has 0 atom stereocenters. The first-order valence-electron chi connectivity index (χ1n) is 5.09. The predicted octanol–water partition coefficient (Wildman–Crippen LogP) is 2.77. The molecule has 5 heteroatoms. The van der Waals surface area contributed by atoms with Gasteiger partial charge in [0.05, 0.1) is 0 Å². The van der Waals surface area contributed by atoms with Crippen LogP contribution in [0.15, 0.2) is 28.7 Å². The number of rotatable bonds is 3. The fourth-order valence-electron chi connectivity index (χ4n) is 1.61. The number of halogens is 1. The lowest BCUT2D eigenvalue weighted by Crippen LogP contribution is -1.99. The van der Waals surface area contributed by atoms with Gasteiger partial charge in [0.25, 0.3) is 0 Å². The Balaban J connectivity index is 2.22. The van der Waals surface area contributed by atoms with Gasteiger partial charge in [-0.05, 0) is 24.6 Å². The number of aryl methyl sites for hydroxylation is 1. The Bertz CT molecular complexity index is 546. The number of hydrogen-bond acceptors (Lipinski definition) is 2. The third-order valence-corrected chi connectivity index (χ3v) is 2.95. The van der Waals surface area contributed by atoms with Crippen molar-refractivity contribution in [2.75, 3.05) is 0 Å². The van der Waals surface area contributed by atoms with E-state index in [-0.39, 0.29) is 5.69 Å². The number of aromatic amines is 1. The highest BCUT2D eigenvalue weighted by atomic mass is 79.9. The molecular formula is C12H11BrN2O2. The summed E-state index contributed by atoms with van der Waals surface area (Å²) >= 11 is 3.36. The van der Waals surface area contributed by atoms with E-state index in [1.54, 1.807) is 6.92 Å². The zero-order valence-electron chi connectivity index (χ0n) is 9.20. The summed E-state index contributed by atoms with van der Waals surface area (Å²) in [4.78, 5) is 17.9. The largest absolute Gasteiger partial charge is 0.476 e.